The van der Waals surface area contributed by atoms with Crippen LogP contribution in [0.25, 0.3) is 10.4 Å². The van der Waals surface area contributed by atoms with Crippen LogP contribution in [-0.2, 0) is 9.59 Å². The predicted octanol–water partition coefficient (Wildman–Crippen LogP) is 3.15. The van der Waals surface area contributed by atoms with Gasteiger partial charge in [0.1, 0.15) is 6.04 Å². The summed E-state index contributed by atoms with van der Waals surface area (Å²) in [5.74, 6) is -2.01. The van der Waals surface area contributed by atoms with Gasteiger partial charge in [-0.25, -0.2) is 0 Å². The molecule has 0 aromatic heterocycles. The number of fused-ring (bicyclic) bond motifs is 1. The Morgan fingerprint density at radius 2 is 1.81 bits per heavy atom. The van der Waals surface area contributed by atoms with Gasteiger partial charge in [-0.05, 0) is 36.9 Å². The molecule has 2 heterocycles. The molecule has 0 aliphatic carbocycles. The highest BCUT2D eigenvalue weighted by atomic mass is 16.2. The number of rotatable bonds is 11. The Morgan fingerprint density at radius 1 is 1.06 bits per heavy atom. The molecule has 10 nitrogen and oxygen atoms in total. The van der Waals surface area contributed by atoms with Gasteiger partial charge in [0.15, 0.2) is 0 Å². The zero-order valence-corrected chi connectivity index (χ0v) is 17.3. The number of carbonyl (C=O) groups is 4. The third-order valence-corrected chi connectivity index (χ3v) is 5.53. The number of nitrogens with one attached hydrogen (secondary N) is 2. The van der Waals surface area contributed by atoms with Crippen LogP contribution in [0.2, 0.25) is 0 Å². The predicted molar refractivity (Wildman–Crippen MR) is 113 cm³/mol. The van der Waals surface area contributed by atoms with E-state index in [9.17, 15) is 19.2 Å². The van der Waals surface area contributed by atoms with Crippen LogP contribution in [0.1, 0.15) is 72.1 Å². The van der Waals surface area contributed by atoms with Gasteiger partial charge in [-0.2, -0.15) is 0 Å². The van der Waals surface area contributed by atoms with Gasteiger partial charge in [0, 0.05) is 30.1 Å². The van der Waals surface area contributed by atoms with Crippen LogP contribution >= 0.6 is 0 Å². The van der Waals surface area contributed by atoms with Crippen molar-refractivity contribution in [2.24, 2.45) is 5.11 Å². The summed E-state index contributed by atoms with van der Waals surface area (Å²) in [4.78, 5) is 53.1. The van der Waals surface area contributed by atoms with Crippen molar-refractivity contribution < 1.29 is 19.2 Å². The smallest absolute Gasteiger partial charge is 0.264 e. The van der Waals surface area contributed by atoms with Gasteiger partial charge in [-0.1, -0.05) is 36.9 Å². The summed E-state index contributed by atoms with van der Waals surface area (Å²) >= 11 is 0. The van der Waals surface area contributed by atoms with E-state index in [2.05, 4.69) is 20.7 Å². The van der Waals surface area contributed by atoms with E-state index >= 15 is 0 Å². The first kappa shape index (κ1) is 22.3. The van der Waals surface area contributed by atoms with Crippen molar-refractivity contribution in [2.45, 2.75) is 57.4 Å². The second-order valence-corrected chi connectivity index (χ2v) is 7.68. The van der Waals surface area contributed by atoms with E-state index in [-0.39, 0.29) is 24.0 Å². The maximum atomic E-state index is 13.0. The SMILES string of the molecule is [N-]=[N+]=NCCCCCCCCNc1cccc2c1C(=O)N(C1CCC(=O)NC1=O)C2=O. The average Bonchev–Trinajstić information content (AvgIpc) is 3.01. The number of hydrogen-bond acceptors (Lipinski definition) is 6. The lowest BCUT2D eigenvalue weighted by Gasteiger charge is -2.27. The number of amides is 4. The molecule has 1 atom stereocenters. The van der Waals surface area contributed by atoms with E-state index in [1.807, 2.05) is 0 Å². The second-order valence-electron chi connectivity index (χ2n) is 7.68. The Morgan fingerprint density at radius 3 is 2.55 bits per heavy atom. The zero-order valence-electron chi connectivity index (χ0n) is 17.3. The minimum Gasteiger partial charge on any atom is -0.384 e. The molecular formula is C21H26N6O4. The van der Waals surface area contributed by atoms with Gasteiger partial charge in [-0.15, -0.1) is 0 Å². The number of azide groups is 1. The summed E-state index contributed by atoms with van der Waals surface area (Å²) < 4.78 is 0. The van der Waals surface area contributed by atoms with Crippen molar-refractivity contribution in [3.05, 3.63) is 39.8 Å². The number of carbonyl (C=O) groups excluding carboxylic acids is 4. The summed E-state index contributed by atoms with van der Waals surface area (Å²) in [7, 11) is 0. The molecule has 0 bridgehead atoms. The molecular weight excluding hydrogens is 400 g/mol. The first-order chi connectivity index (χ1) is 15.0. The molecule has 1 aromatic carbocycles. The van der Waals surface area contributed by atoms with Gasteiger partial charge in [0.2, 0.25) is 11.8 Å². The molecule has 1 unspecified atom stereocenters. The van der Waals surface area contributed by atoms with E-state index in [0.29, 0.717) is 18.8 Å². The van der Waals surface area contributed by atoms with E-state index in [1.54, 1.807) is 18.2 Å². The van der Waals surface area contributed by atoms with Crippen LogP contribution in [0, 0.1) is 0 Å². The third kappa shape index (κ3) is 5.21. The van der Waals surface area contributed by atoms with Crippen molar-refractivity contribution in [1.82, 2.24) is 10.2 Å². The molecule has 4 amide bonds. The van der Waals surface area contributed by atoms with Crippen molar-refractivity contribution in [3.63, 3.8) is 0 Å². The number of piperidine rings is 1. The van der Waals surface area contributed by atoms with Crippen LogP contribution in [0.15, 0.2) is 23.3 Å². The monoisotopic (exact) mass is 426 g/mol. The molecule has 164 valence electrons. The standard InChI is InChI=1S/C21H26N6O4/c22-26-24-13-6-4-2-1-3-5-12-23-15-9-7-8-14-18(15)21(31)27(20(14)30)16-10-11-17(28)25-19(16)29/h7-9,16,23H,1-6,10-13H2,(H,25,28,29). The van der Waals surface area contributed by atoms with E-state index in [4.69, 9.17) is 5.53 Å². The average molecular weight is 426 g/mol. The van der Waals surface area contributed by atoms with Gasteiger partial charge in [0.25, 0.3) is 11.8 Å². The molecule has 2 N–H and O–H groups in total. The third-order valence-electron chi connectivity index (χ3n) is 5.53. The number of unbranched alkanes of at least 4 members (excludes halogenated alkanes) is 5. The fraction of sp³-hybridized carbons (Fsp3) is 0.524. The van der Waals surface area contributed by atoms with Crippen molar-refractivity contribution >= 4 is 29.3 Å². The van der Waals surface area contributed by atoms with Crippen LogP contribution in [0.3, 0.4) is 0 Å². The van der Waals surface area contributed by atoms with Gasteiger partial charge in [-0.3, -0.25) is 29.4 Å². The minimum absolute atomic E-state index is 0.0977. The Kier molecular flexibility index (Phi) is 7.61. The molecule has 3 rings (SSSR count). The number of nitrogens with zero attached hydrogens (tertiary/aromatic N) is 4. The van der Waals surface area contributed by atoms with E-state index in [1.165, 1.54) is 0 Å². The van der Waals surface area contributed by atoms with Crippen LogP contribution in [-0.4, -0.2) is 47.7 Å². The molecule has 31 heavy (non-hydrogen) atoms. The lowest BCUT2D eigenvalue weighted by molar-refractivity contribution is -0.136. The number of hydrogen-bond donors (Lipinski definition) is 2. The van der Waals surface area contributed by atoms with Crippen LogP contribution < -0.4 is 10.6 Å². The van der Waals surface area contributed by atoms with Crippen molar-refractivity contribution in [1.29, 1.82) is 0 Å². The zero-order chi connectivity index (χ0) is 22.2. The van der Waals surface area contributed by atoms with Crippen molar-refractivity contribution in [3.8, 4) is 0 Å². The summed E-state index contributed by atoms with van der Waals surface area (Å²) in [5.41, 5.74) is 9.38. The number of benzene rings is 1. The molecule has 2 aliphatic rings. The largest absolute Gasteiger partial charge is 0.384 e. The quantitative estimate of drug-likeness (QED) is 0.184. The maximum absolute atomic E-state index is 13.0. The number of imide groups is 2. The molecule has 0 saturated carbocycles. The highest BCUT2D eigenvalue weighted by Crippen LogP contribution is 2.32. The first-order valence-corrected chi connectivity index (χ1v) is 10.6. The van der Waals surface area contributed by atoms with Gasteiger partial charge >= 0.3 is 0 Å². The summed E-state index contributed by atoms with van der Waals surface area (Å²) in [6.45, 7) is 1.20. The molecule has 2 aliphatic heterocycles. The maximum Gasteiger partial charge on any atom is 0.264 e. The van der Waals surface area contributed by atoms with E-state index in [0.717, 1.165) is 43.4 Å². The summed E-state index contributed by atoms with van der Waals surface area (Å²) in [6, 6.07) is 4.09. The fourth-order valence-corrected chi connectivity index (χ4v) is 3.94. The minimum atomic E-state index is -0.961. The first-order valence-electron chi connectivity index (χ1n) is 10.6. The lowest BCUT2D eigenvalue weighted by atomic mass is 10.0. The topological polar surface area (TPSA) is 144 Å². The van der Waals surface area contributed by atoms with Gasteiger partial charge < -0.3 is 5.32 Å². The normalized spacial score (nSPS) is 17.9. The second kappa shape index (κ2) is 10.6. The summed E-state index contributed by atoms with van der Waals surface area (Å²) in [6.07, 6.45) is 6.27. The van der Waals surface area contributed by atoms with Crippen LogP contribution in [0.5, 0.6) is 0 Å². The van der Waals surface area contributed by atoms with Gasteiger partial charge in [0.05, 0.1) is 11.1 Å². The highest BCUT2D eigenvalue weighted by Gasteiger charge is 2.45. The Balaban J connectivity index is 1.53. The highest BCUT2D eigenvalue weighted by molar-refractivity contribution is 6.25. The lowest BCUT2D eigenvalue weighted by Crippen LogP contribution is -2.54. The Hall–Kier alpha value is -3.39. The molecule has 0 radical (unpaired) electrons. The van der Waals surface area contributed by atoms with Crippen molar-refractivity contribution in [2.75, 3.05) is 18.4 Å². The van der Waals surface area contributed by atoms with E-state index < -0.39 is 29.7 Å². The molecule has 1 saturated heterocycles. The molecule has 1 aromatic rings. The van der Waals surface area contributed by atoms with Crippen LogP contribution in [0.4, 0.5) is 5.69 Å². The molecule has 0 spiro atoms. The Bertz CT molecular complexity index is 924. The molecule has 10 heteroatoms. The fourth-order valence-electron chi connectivity index (χ4n) is 3.94. The summed E-state index contributed by atoms with van der Waals surface area (Å²) in [5, 5.41) is 8.96. The number of anilines is 1. The Labute approximate surface area is 180 Å². The molecule has 1 fully saturated rings.